The number of rotatable bonds is 3. The van der Waals surface area contributed by atoms with Gasteiger partial charge in [0.05, 0.1) is 0 Å². The molecule has 0 unspecified atom stereocenters. The van der Waals surface area contributed by atoms with Gasteiger partial charge in [0, 0.05) is 12.7 Å². The van der Waals surface area contributed by atoms with Crippen molar-refractivity contribution in [3.8, 4) is 0 Å². The molecule has 110 valence electrons. The van der Waals surface area contributed by atoms with E-state index < -0.39 is 17.8 Å². The monoisotopic (exact) mass is 296 g/mol. The number of aromatic nitrogens is 1. The van der Waals surface area contributed by atoms with Crippen molar-refractivity contribution in [2.75, 3.05) is 11.9 Å². The van der Waals surface area contributed by atoms with Gasteiger partial charge in [0.15, 0.2) is 0 Å². The fourth-order valence-electron chi connectivity index (χ4n) is 1.80. The van der Waals surface area contributed by atoms with Crippen LogP contribution in [0.5, 0.6) is 0 Å². The summed E-state index contributed by atoms with van der Waals surface area (Å²) in [4.78, 5) is 15.9. The quantitative estimate of drug-likeness (QED) is 0.940. The first-order valence-electron chi connectivity index (χ1n) is 5.91. The molecule has 1 aromatic carbocycles. The Morgan fingerprint density at radius 2 is 1.76 bits per heavy atom. The SMILES string of the molecule is CN(c1ccccc1)c1nc(C(F)(F)F)ccc1C(=O)O. The summed E-state index contributed by atoms with van der Waals surface area (Å²) in [6.07, 6.45) is -4.64. The Kier molecular flexibility index (Phi) is 3.84. The summed E-state index contributed by atoms with van der Waals surface area (Å²) in [6, 6.07) is 9.99. The minimum Gasteiger partial charge on any atom is -0.478 e. The van der Waals surface area contributed by atoms with E-state index in [4.69, 9.17) is 5.11 Å². The topological polar surface area (TPSA) is 53.4 Å². The molecule has 21 heavy (non-hydrogen) atoms. The molecule has 0 fully saturated rings. The Bertz CT molecular complexity index is 657. The zero-order chi connectivity index (χ0) is 15.6. The highest BCUT2D eigenvalue weighted by atomic mass is 19.4. The zero-order valence-electron chi connectivity index (χ0n) is 10.9. The van der Waals surface area contributed by atoms with Crippen molar-refractivity contribution in [3.63, 3.8) is 0 Å². The molecule has 0 aliphatic heterocycles. The van der Waals surface area contributed by atoms with Crippen LogP contribution in [0, 0.1) is 0 Å². The van der Waals surface area contributed by atoms with Gasteiger partial charge in [0.25, 0.3) is 0 Å². The van der Waals surface area contributed by atoms with Gasteiger partial charge in [-0.1, -0.05) is 18.2 Å². The molecule has 0 spiro atoms. The second kappa shape index (κ2) is 5.43. The molecule has 7 heteroatoms. The summed E-state index contributed by atoms with van der Waals surface area (Å²) in [7, 11) is 1.46. The highest BCUT2D eigenvalue weighted by Crippen LogP contribution is 2.32. The van der Waals surface area contributed by atoms with E-state index in [9.17, 15) is 18.0 Å². The first-order chi connectivity index (χ1) is 9.80. The molecule has 0 aliphatic rings. The molecule has 0 saturated heterocycles. The second-order valence-corrected chi connectivity index (χ2v) is 4.27. The summed E-state index contributed by atoms with van der Waals surface area (Å²) >= 11 is 0. The van der Waals surface area contributed by atoms with Crippen LogP contribution in [0.4, 0.5) is 24.7 Å². The number of benzene rings is 1. The molecule has 0 amide bonds. The second-order valence-electron chi connectivity index (χ2n) is 4.27. The molecule has 2 aromatic rings. The van der Waals surface area contributed by atoms with Gasteiger partial charge in [-0.15, -0.1) is 0 Å². The van der Waals surface area contributed by atoms with Gasteiger partial charge in [0.1, 0.15) is 17.1 Å². The molecule has 0 atom stereocenters. The number of para-hydroxylation sites is 1. The third-order valence-electron chi connectivity index (χ3n) is 2.86. The van der Waals surface area contributed by atoms with Crippen LogP contribution in [0.2, 0.25) is 0 Å². The van der Waals surface area contributed by atoms with Gasteiger partial charge in [-0.2, -0.15) is 13.2 Å². The maximum absolute atomic E-state index is 12.7. The zero-order valence-corrected chi connectivity index (χ0v) is 10.9. The molecule has 1 aromatic heterocycles. The number of hydrogen-bond acceptors (Lipinski definition) is 3. The predicted octanol–water partition coefficient (Wildman–Crippen LogP) is 3.57. The number of anilines is 2. The van der Waals surface area contributed by atoms with Crippen LogP contribution in [0.1, 0.15) is 16.1 Å². The van der Waals surface area contributed by atoms with Crippen molar-refractivity contribution in [2.45, 2.75) is 6.18 Å². The molecule has 4 nitrogen and oxygen atoms in total. The molecule has 0 saturated carbocycles. The van der Waals surface area contributed by atoms with Gasteiger partial charge >= 0.3 is 12.1 Å². The number of pyridine rings is 1. The number of carbonyl (C=O) groups is 1. The summed E-state index contributed by atoms with van der Waals surface area (Å²) in [5.41, 5.74) is -0.897. The number of halogens is 3. The van der Waals surface area contributed by atoms with Crippen LogP contribution < -0.4 is 4.90 Å². The van der Waals surface area contributed by atoms with Gasteiger partial charge < -0.3 is 10.0 Å². The van der Waals surface area contributed by atoms with Crippen molar-refractivity contribution < 1.29 is 23.1 Å². The van der Waals surface area contributed by atoms with Crippen molar-refractivity contribution in [3.05, 3.63) is 53.7 Å². The van der Waals surface area contributed by atoms with Crippen LogP contribution >= 0.6 is 0 Å². The van der Waals surface area contributed by atoms with E-state index in [1.165, 1.54) is 11.9 Å². The van der Waals surface area contributed by atoms with Gasteiger partial charge in [-0.3, -0.25) is 0 Å². The minimum absolute atomic E-state index is 0.261. The van der Waals surface area contributed by atoms with E-state index >= 15 is 0 Å². The van der Waals surface area contributed by atoms with Crippen LogP contribution in [0.15, 0.2) is 42.5 Å². The Morgan fingerprint density at radius 3 is 2.29 bits per heavy atom. The molecule has 1 N–H and O–H groups in total. The summed E-state index contributed by atoms with van der Waals surface area (Å²) in [5, 5.41) is 9.11. The number of nitrogens with zero attached hydrogens (tertiary/aromatic N) is 2. The number of hydrogen-bond donors (Lipinski definition) is 1. The van der Waals surface area contributed by atoms with E-state index in [1.54, 1.807) is 30.3 Å². The predicted molar refractivity (Wildman–Crippen MR) is 70.7 cm³/mol. The third-order valence-corrected chi connectivity index (χ3v) is 2.86. The number of carboxylic acids is 1. The van der Waals surface area contributed by atoms with Crippen molar-refractivity contribution in [2.24, 2.45) is 0 Å². The smallest absolute Gasteiger partial charge is 0.433 e. The maximum Gasteiger partial charge on any atom is 0.433 e. The Balaban J connectivity index is 2.56. The van der Waals surface area contributed by atoms with E-state index in [2.05, 4.69) is 4.98 Å². The highest BCUT2D eigenvalue weighted by molar-refractivity contribution is 5.94. The normalized spacial score (nSPS) is 11.2. The van der Waals surface area contributed by atoms with E-state index in [-0.39, 0.29) is 11.4 Å². The first kappa shape index (κ1) is 14.8. The average Bonchev–Trinajstić information content (AvgIpc) is 2.45. The van der Waals surface area contributed by atoms with Crippen molar-refractivity contribution in [1.29, 1.82) is 0 Å². The molecular formula is C14H11F3N2O2. The van der Waals surface area contributed by atoms with Gasteiger partial charge in [-0.05, 0) is 24.3 Å². The van der Waals surface area contributed by atoms with Crippen LogP contribution in [-0.4, -0.2) is 23.1 Å². The van der Waals surface area contributed by atoms with Crippen molar-refractivity contribution in [1.82, 2.24) is 4.98 Å². The first-order valence-corrected chi connectivity index (χ1v) is 5.91. The fraction of sp³-hybridized carbons (Fsp3) is 0.143. The molecule has 2 rings (SSSR count). The molecular weight excluding hydrogens is 285 g/mol. The van der Waals surface area contributed by atoms with Gasteiger partial charge in [-0.25, -0.2) is 9.78 Å². The van der Waals surface area contributed by atoms with Gasteiger partial charge in [0.2, 0.25) is 0 Å². The molecule has 1 heterocycles. The Labute approximate surface area is 118 Å². The lowest BCUT2D eigenvalue weighted by Gasteiger charge is -2.21. The molecule has 0 radical (unpaired) electrons. The number of alkyl halides is 3. The number of carboxylic acid groups (broad SMARTS) is 1. The molecule has 0 bridgehead atoms. The summed E-state index contributed by atoms with van der Waals surface area (Å²) < 4.78 is 38.2. The van der Waals surface area contributed by atoms with Crippen LogP contribution in [0.25, 0.3) is 0 Å². The van der Waals surface area contributed by atoms with Crippen LogP contribution in [-0.2, 0) is 6.18 Å². The highest BCUT2D eigenvalue weighted by Gasteiger charge is 2.34. The largest absolute Gasteiger partial charge is 0.478 e. The maximum atomic E-state index is 12.7. The summed E-state index contributed by atoms with van der Waals surface area (Å²) in [5.74, 6) is -1.60. The fourth-order valence-corrected chi connectivity index (χ4v) is 1.80. The lowest BCUT2D eigenvalue weighted by molar-refractivity contribution is -0.141. The Morgan fingerprint density at radius 1 is 1.14 bits per heavy atom. The van der Waals surface area contributed by atoms with Crippen molar-refractivity contribution >= 4 is 17.5 Å². The average molecular weight is 296 g/mol. The van der Waals surface area contributed by atoms with Crippen LogP contribution in [0.3, 0.4) is 0 Å². The van der Waals surface area contributed by atoms with E-state index in [0.29, 0.717) is 11.8 Å². The number of aromatic carboxylic acids is 1. The lowest BCUT2D eigenvalue weighted by atomic mass is 10.2. The summed E-state index contributed by atoms with van der Waals surface area (Å²) in [6.45, 7) is 0. The van der Waals surface area contributed by atoms with E-state index in [1.807, 2.05) is 0 Å². The van der Waals surface area contributed by atoms with E-state index in [0.717, 1.165) is 6.07 Å². The lowest BCUT2D eigenvalue weighted by Crippen LogP contribution is -2.19. The third kappa shape index (κ3) is 3.13. The minimum atomic E-state index is -4.64. The molecule has 0 aliphatic carbocycles. The standard InChI is InChI=1S/C14H11F3N2O2/c1-19(9-5-3-2-4-6-9)12-10(13(20)21)7-8-11(18-12)14(15,16)17/h2-8H,1H3,(H,20,21). The Hall–Kier alpha value is -2.57.